The van der Waals surface area contributed by atoms with Crippen LogP contribution in [0, 0.1) is 0 Å². The van der Waals surface area contributed by atoms with Crippen molar-refractivity contribution in [3.63, 3.8) is 0 Å². The smallest absolute Gasteiger partial charge is 0.279 e. The van der Waals surface area contributed by atoms with Crippen molar-refractivity contribution in [2.75, 3.05) is 5.32 Å². The van der Waals surface area contributed by atoms with Crippen LogP contribution in [-0.4, -0.2) is 10.9 Å². The SMILES string of the molecule is O=C(Cc1nc(=O)c2ccccc2s1)Nc1ccc(Cl)cc1. The summed E-state index contributed by atoms with van der Waals surface area (Å²) in [7, 11) is 0. The molecule has 0 bridgehead atoms. The molecule has 0 aliphatic rings. The Morgan fingerprint density at radius 3 is 2.64 bits per heavy atom. The summed E-state index contributed by atoms with van der Waals surface area (Å²) in [6, 6.07) is 14.1. The Kier molecular flexibility index (Phi) is 4.18. The number of hydrogen-bond acceptors (Lipinski definition) is 4. The maximum absolute atomic E-state index is 12.0. The number of halogens is 1. The van der Waals surface area contributed by atoms with Crippen LogP contribution in [0.1, 0.15) is 5.01 Å². The van der Waals surface area contributed by atoms with Crippen molar-refractivity contribution in [2.45, 2.75) is 6.42 Å². The summed E-state index contributed by atoms with van der Waals surface area (Å²) in [6.07, 6.45) is 0.0629. The largest absolute Gasteiger partial charge is 0.326 e. The van der Waals surface area contributed by atoms with Crippen LogP contribution in [0.2, 0.25) is 5.02 Å². The highest BCUT2D eigenvalue weighted by Crippen LogP contribution is 2.18. The number of carbonyl (C=O) groups is 1. The van der Waals surface area contributed by atoms with Gasteiger partial charge in [0.05, 0.1) is 11.8 Å². The average Bonchev–Trinajstić information content (AvgIpc) is 2.49. The van der Waals surface area contributed by atoms with E-state index in [1.165, 1.54) is 11.3 Å². The fraction of sp³-hybridized carbons (Fsp3) is 0.0625. The van der Waals surface area contributed by atoms with E-state index >= 15 is 0 Å². The highest BCUT2D eigenvalue weighted by atomic mass is 35.5. The number of benzene rings is 2. The molecule has 3 rings (SSSR count). The summed E-state index contributed by atoms with van der Waals surface area (Å²) in [5, 5.41) is 4.43. The van der Waals surface area contributed by atoms with Gasteiger partial charge in [-0.3, -0.25) is 9.59 Å². The van der Waals surface area contributed by atoms with Crippen molar-refractivity contribution in [3.05, 3.63) is 68.9 Å². The number of carbonyl (C=O) groups excluding carboxylic acids is 1. The van der Waals surface area contributed by atoms with E-state index in [9.17, 15) is 9.59 Å². The first kappa shape index (κ1) is 14.7. The van der Waals surface area contributed by atoms with E-state index in [2.05, 4.69) is 10.3 Å². The molecule has 1 N–H and O–H groups in total. The second kappa shape index (κ2) is 6.25. The van der Waals surface area contributed by atoms with Gasteiger partial charge < -0.3 is 5.32 Å². The molecule has 0 atom stereocenters. The van der Waals surface area contributed by atoms with Crippen LogP contribution in [0.4, 0.5) is 5.69 Å². The van der Waals surface area contributed by atoms with Gasteiger partial charge in [-0.15, -0.1) is 11.3 Å². The Bertz CT molecular complexity index is 891. The number of nitrogens with zero attached hydrogens (tertiary/aromatic N) is 1. The van der Waals surface area contributed by atoms with E-state index in [4.69, 9.17) is 11.6 Å². The quantitative estimate of drug-likeness (QED) is 0.799. The van der Waals surface area contributed by atoms with Gasteiger partial charge in [-0.1, -0.05) is 23.7 Å². The summed E-state index contributed by atoms with van der Waals surface area (Å²) >= 11 is 7.14. The molecule has 3 aromatic rings. The number of rotatable bonds is 3. The number of hydrogen-bond donors (Lipinski definition) is 1. The lowest BCUT2D eigenvalue weighted by atomic mass is 10.3. The molecule has 0 saturated carbocycles. The van der Waals surface area contributed by atoms with Gasteiger partial charge in [-0.05, 0) is 36.4 Å². The number of amides is 1. The van der Waals surface area contributed by atoms with Crippen LogP contribution in [0.3, 0.4) is 0 Å². The Hall–Kier alpha value is -2.24. The monoisotopic (exact) mass is 330 g/mol. The molecule has 1 aromatic heterocycles. The summed E-state index contributed by atoms with van der Waals surface area (Å²) in [6.45, 7) is 0. The van der Waals surface area contributed by atoms with Crippen LogP contribution in [0.5, 0.6) is 0 Å². The highest BCUT2D eigenvalue weighted by molar-refractivity contribution is 7.18. The van der Waals surface area contributed by atoms with E-state index in [1.54, 1.807) is 36.4 Å². The molecule has 0 spiro atoms. The average molecular weight is 331 g/mol. The molecule has 0 aliphatic heterocycles. The molecule has 0 saturated heterocycles. The molecule has 0 radical (unpaired) electrons. The van der Waals surface area contributed by atoms with Crippen molar-refractivity contribution in [3.8, 4) is 0 Å². The second-order valence-corrected chi connectivity index (χ2v) is 6.19. The van der Waals surface area contributed by atoms with Crippen molar-refractivity contribution in [1.82, 2.24) is 4.98 Å². The number of aromatic nitrogens is 1. The molecule has 1 amide bonds. The third-order valence-corrected chi connectivity index (χ3v) is 4.31. The lowest BCUT2D eigenvalue weighted by Crippen LogP contribution is -2.17. The van der Waals surface area contributed by atoms with Gasteiger partial charge in [0.15, 0.2) is 0 Å². The van der Waals surface area contributed by atoms with Crippen LogP contribution in [0.25, 0.3) is 10.1 Å². The Morgan fingerprint density at radius 2 is 1.86 bits per heavy atom. The molecule has 6 heteroatoms. The predicted octanol–water partition coefficient (Wildman–Crippen LogP) is 3.49. The maximum atomic E-state index is 12.0. The standard InChI is InChI=1S/C16H11ClN2O2S/c17-10-5-7-11(8-6-10)18-14(20)9-15-19-16(21)12-3-1-2-4-13(12)22-15/h1-8H,9H2,(H,18,20). The van der Waals surface area contributed by atoms with Crippen LogP contribution in [0.15, 0.2) is 53.3 Å². The van der Waals surface area contributed by atoms with Crippen molar-refractivity contribution >= 4 is 44.6 Å². The number of anilines is 1. The zero-order valence-corrected chi connectivity index (χ0v) is 12.9. The highest BCUT2D eigenvalue weighted by Gasteiger charge is 2.09. The molecule has 2 aromatic carbocycles. The van der Waals surface area contributed by atoms with Gasteiger partial charge in [0.25, 0.3) is 5.56 Å². The number of fused-ring (bicyclic) bond motifs is 1. The van der Waals surface area contributed by atoms with Gasteiger partial charge in [-0.2, -0.15) is 0 Å². The van der Waals surface area contributed by atoms with Crippen molar-refractivity contribution in [2.24, 2.45) is 0 Å². The molecular weight excluding hydrogens is 320 g/mol. The minimum absolute atomic E-state index is 0.0629. The molecule has 0 fully saturated rings. The lowest BCUT2D eigenvalue weighted by Gasteiger charge is -2.05. The van der Waals surface area contributed by atoms with Crippen molar-refractivity contribution < 1.29 is 4.79 Å². The molecule has 0 aliphatic carbocycles. The summed E-state index contributed by atoms with van der Waals surface area (Å²) < 4.78 is 0.830. The fourth-order valence-corrected chi connectivity index (χ4v) is 3.13. The Balaban J connectivity index is 1.79. The van der Waals surface area contributed by atoms with Gasteiger partial charge in [0.2, 0.25) is 5.91 Å². The zero-order valence-electron chi connectivity index (χ0n) is 11.4. The molecule has 4 nitrogen and oxygen atoms in total. The first-order valence-corrected chi connectivity index (χ1v) is 7.75. The minimum Gasteiger partial charge on any atom is -0.326 e. The van der Waals surface area contributed by atoms with Crippen LogP contribution < -0.4 is 10.9 Å². The first-order valence-electron chi connectivity index (χ1n) is 6.56. The van der Waals surface area contributed by atoms with E-state index in [-0.39, 0.29) is 17.9 Å². The van der Waals surface area contributed by atoms with Gasteiger partial charge in [0.1, 0.15) is 5.01 Å². The first-order chi connectivity index (χ1) is 10.6. The summed E-state index contributed by atoms with van der Waals surface area (Å²) in [5.74, 6) is -0.222. The van der Waals surface area contributed by atoms with E-state index < -0.39 is 0 Å². The molecular formula is C16H11ClN2O2S. The minimum atomic E-state index is -0.302. The number of nitrogens with one attached hydrogen (secondary N) is 1. The Labute approximate surface area is 135 Å². The normalized spacial score (nSPS) is 10.6. The Morgan fingerprint density at radius 1 is 1.14 bits per heavy atom. The maximum Gasteiger partial charge on any atom is 0.279 e. The third-order valence-electron chi connectivity index (χ3n) is 3.01. The van der Waals surface area contributed by atoms with E-state index in [0.717, 1.165) is 4.70 Å². The van der Waals surface area contributed by atoms with E-state index in [0.29, 0.717) is 21.1 Å². The molecule has 0 unspecified atom stereocenters. The molecule has 1 heterocycles. The molecule has 110 valence electrons. The zero-order chi connectivity index (χ0) is 15.5. The van der Waals surface area contributed by atoms with E-state index in [1.807, 2.05) is 12.1 Å². The third kappa shape index (κ3) is 3.32. The summed E-state index contributed by atoms with van der Waals surface area (Å²) in [4.78, 5) is 27.9. The van der Waals surface area contributed by atoms with Crippen LogP contribution in [-0.2, 0) is 11.2 Å². The van der Waals surface area contributed by atoms with Gasteiger partial charge in [0, 0.05) is 15.4 Å². The topological polar surface area (TPSA) is 59.1 Å². The van der Waals surface area contributed by atoms with Gasteiger partial charge in [-0.25, -0.2) is 4.98 Å². The lowest BCUT2D eigenvalue weighted by molar-refractivity contribution is -0.115. The predicted molar refractivity (Wildman–Crippen MR) is 89.7 cm³/mol. The van der Waals surface area contributed by atoms with Crippen molar-refractivity contribution in [1.29, 1.82) is 0 Å². The summed E-state index contributed by atoms with van der Waals surface area (Å²) in [5.41, 5.74) is 0.353. The molecule has 22 heavy (non-hydrogen) atoms. The fourth-order valence-electron chi connectivity index (χ4n) is 2.01. The van der Waals surface area contributed by atoms with Gasteiger partial charge >= 0.3 is 0 Å². The van der Waals surface area contributed by atoms with Crippen LogP contribution >= 0.6 is 22.9 Å². The second-order valence-electron chi connectivity index (χ2n) is 4.64.